The lowest BCUT2D eigenvalue weighted by Crippen LogP contribution is -2.31. The van der Waals surface area contributed by atoms with Gasteiger partial charge in [-0.25, -0.2) is 13.8 Å². The van der Waals surface area contributed by atoms with Crippen LogP contribution in [0.25, 0.3) is 5.70 Å². The minimum atomic E-state index is -4.47. The zero-order chi connectivity index (χ0) is 23.2. The average molecular weight is 439 g/mol. The molecule has 0 radical (unpaired) electrons. The zero-order valence-electron chi connectivity index (χ0n) is 16.1. The summed E-state index contributed by atoms with van der Waals surface area (Å²) in [6, 6.07) is 7.18. The Labute approximate surface area is 174 Å². The molecule has 0 aliphatic carbocycles. The fraction of sp³-hybridized carbons (Fsp3) is 0.150. The number of benzene rings is 2. The van der Waals surface area contributed by atoms with Crippen molar-refractivity contribution in [2.45, 2.75) is 12.6 Å². The predicted molar refractivity (Wildman–Crippen MR) is 106 cm³/mol. The Morgan fingerprint density at radius 1 is 1.13 bits per heavy atom. The molecule has 5 N–H and O–H groups in total. The molecule has 6 nitrogen and oxygen atoms in total. The fourth-order valence-corrected chi connectivity index (χ4v) is 2.44. The molecule has 0 heterocycles. The number of rotatable bonds is 5. The number of alkyl halides is 3. The van der Waals surface area contributed by atoms with Crippen LogP contribution in [0.15, 0.2) is 53.7 Å². The number of carbonyl (C=O) groups excluding carboxylic acids is 1. The molecular weight excluding hydrogens is 421 g/mol. The number of nitrogens with zero attached hydrogens (tertiary/aromatic N) is 1. The first-order valence-corrected chi connectivity index (χ1v) is 8.73. The van der Waals surface area contributed by atoms with Crippen molar-refractivity contribution < 1.29 is 26.7 Å². The van der Waals surface area contributed by atoms with Crippen molar-refractivity contribution in [3.63, 3.8) is 0 Å². The van der Waals surface area contributed by atoms with Gasteiger partial charge in [-0.15, -0.1) is 0 Å². The molecule has 2 rings (SSSR count). The highest BCUT2D eigenvalue weighted by Gasteiger charge is 2.29. The van der Waals surface area contributed by atoms with E-state index in [1.54, 1.807) is 0 Å². The van der Waals surface area contributed by atoms with Crippen LogP contribution in [-0.4, -0.2) is 24.6 Å². The van der Waals surface area contributed by atoms with Gasteiger partial charge in [0, 0.05) is 25.2 Å². The van der Waals surface area contributed by atoms with Gasteiger partial charge < -0.3 is 16.4 Å². The molecule has 1 amide bonds. The molecule has 2 aromatic rings. The molecule has 31 heavy (non-hydrogen) atoms. The molecule has 0 aliphatic rings. The summed E-state index contributed by atoms with van der Waals surface area (Å²) in [5, 5.41) is 12.7. The number of nitrogens with one attached hydrogen (secondary N) is 3. The summed E-state index contributed by atoms with van der Waals surface area (Å²) >= 11 is 0. The Balaban J connectivity index is 2.08. The molecule has 0 saturated carbocycles. The molecular formula is C20H18F5N5O. The molecule has 0 fully saturated rings. The van der Waals surface area contributed by atoms with Crippen molar-refractivity contribution in [1.82, 2.24) is 10.6 Å². The van der Waals surface area contributed by atoms with Crippen LogP contribution in [0, 0.1) is 17.0 Å². The molecule has 0 aliphatic heterocycles. The van der Waals surface area contributed by atoms with E-state index in [0.29, 0.717) is 5.56 Å². The van der Waals surface area contributed by atoms with Gasteiger partial charge in [0.2, 0.25) is 5.84 Å². The normalized spacial score (nSPS) is 12.5. The smallest absolute Gasteiger partial charge is 0.392 e. The maximum Gasteiger partial charge on any atom is 0.416 e. The van der Waals surface area contributed by atoms with E-state index < -0.39 is 35.1 Å². The minimum Gasteiger partial charge on any atom is -0.392 e. The first kappa shape index (κ1) is 23.5. The van der Waals surface area contributed by atoms with Gasteiger partial charge in [0.25, 0.3) is 5.91 Å². The van der Waals surface area contributed by atoms with Crippen molar-refractivity contribution in [2.24, 2.45) is 10.7 Å². The lowest BCUT2D eigenvalue weighted by Gasteiger charge is -2.11. The van der Waals surface area contributed by atoms with Crippen molar-refractivity contribution in [3.8, 4) is 0 Å². The van der Waals surface area contributed by atoms with Crippen LogP contribution < -0.4 is 16.4 Å². The Hall–Kier alpha value is -3.76. The molecule has 0 unspecified atom stereocenters. The van der Waals surface area contributed by atoms with E-state index in [-0.39, 0.29) is 23.5 Å². The highest BCUT2D eigenvalue weighted by Crippen LogP contribution is 2.29. The number of amides is 1. The maximum atomic E-state index is 13.5. The van der Waals surface area contributed by atoms with Crippen molar-refractivity contribution in [2.75, 3.05) is 7.05 Å². The third-order valence-electron chi connectivity index (χ3n) is 3.90. The van der Waals surface area contributed by atoms with Gasteiger partial charge >= 0.3 is 6.18 Å². The van der Waals surface area contributed by atoms with Crippen LogP contribution in [0.5, 0.6) is 0 Å². The largest absolute Gasteiger partial charge is 0.416 e. The van der Waals surface area contributed by atoms with Gasteiger partial charge in [0.05, 0.1) is 11.3 Å². The summed E-state index contributed by atoms with van der Waals surface area (Å²) in [5.74, 6) is -4.13. The Morgan fingerprint density at radius 2 is 1.77 bits per heavy atom. The van der Waals surface area contributed by atoms with E-state index in [0.717, 1.165) is 24.3 Å². The average Bonchev–Trinajstić information content (AvgIpc) is 2.69. The summed E-state index contributed by atoms with van der Waals surface area (Å²) in [5.41, 5.74) is 5.46. The summed E-state index contributed by atoms with van der Waals surface area (Å²) < 4.78 is 64.4. The SMILES string of the molecule is CN/C=C(/NC(=O)C(=N)N=C(N)Cc1ccc(C(F)(F)F)cc1)c1ccc(F)c(F)c1. The molecule has 2 aromatic carbocycles. The number of carbonyl (C=O) groups is 1. The highest BCUT2D eigenvalue weighted by atomic mass is 19.4. The van der Waals surface area contributed by atoms with E-state index in [4.69, 9.17) is 11.1 Å². The summed E-state index contributed by atoms with van der Waals surface area (Å²) in [7, 11) is 1.51. The van der Waals surface area contributed by atoms with Crippen LogP contribution in [0.1, 0.15) is 16.7 Å². The van der Waals surface area contributed by atoms with Gasteiger partial charge in [0.1, 0.15) is 5.84 Å². The molecule has 0 aromatic heterocycles. The van der Waals surface area contributed by atoms with E-state index >= 15 is 0 Å². The summed E-state index contributed by atoms with van der Waals surface area (Å²) in [4.78, 5) is 15.9. The molecule has 0 saturated heterocycles. The Bertz CT molecular complexity index is 1030. The number of amidine groups is 2. The predicted octanol–water partition coefficient (Wildman–Crippen LogP) is 3.19. The van der Waals surface area contributed by atoms with Crippen LogP contribution in [-0.2, 0) is 17.4 Å². The van der Waals surface area contributed by atoms with Crippen molar-refractivity contribution in [3.05, 3.63) is 77.0 Å². The number of halogens is 5. The van der Waals surface area contributed by atoms with Crippen molar-refractivity contribution in [1.29, 1.82) is 5.41 Å². The first-order valence-electron chi connectivity index (χ1n) is 8.73. The lowest BCUT2D eigenvalue weighted by molar-refractivity contribution is -0.137. The second kappa shape index (κ2) is 9.83. The van der Waals surface area contributed by atoms with Crippen molar-refractivity contribution >= 4 is 23.3 Å². The van der Waals surface area contributed by atoms with E-state index in [2.05, 4.69) is 15.6 Å². The third kappa shape index (κ3) is 6.63. The lowest BCUT2D eigenvalue weighted by atomic mass is 10.1. The number of hydrogen-bond donors (Lipinski definition) is 4. The maximum absolute atomic E-state index is 13.5. The van der Waals surface area contributed by atoms with Crippen LogP contribution in [0.2, 0.25) is 0 Å². The van der Waals surface area contributed by atoms with Gasteiger partial charge in [-0.2, -0.15) is 13.2 Å². The Kier molecular flexibility index (Phi) is 7.46. The van der Waals surface area contributed by atoms with E-state index in [1.807, 2.05) is 0 Å². The van der Waals surface area contributed by atoms with Crippen LogP contribution in [0.3, 0.4) is 0 Å². The summed E-state index contributed by atoms with van der Waals surface area (Å²) in [6.07, 6.45) is -3.26. The monoisotopic (exact) mass is 439 g/mol. The highest BCUT2D eigenvalue weighted by molar-refractivity contribution is 6.39. The molecule has 0 spiro atoms. The summed E-state index contributed by atoms with van der Waals surface area (Å²) in [6.45, 7) is 0. The van der Waals surface area contributed by atoms with Gasteiger partial charge in [-0.05, 0) is 35.9 Å². The Morgan fingerprint density at radius 3 is 2.32 bits per heavy atom. The zero-order valence-corrected chi connectivity index (χ0v) is 16.1. The third-order valence-corrected chi connectivity index (χ3v) is 3.90. The second-order valence-electron chi connectivity index (χ2n) is 6.25. The van der Waals surface area contributed by atoms with Crippen LogP contribution in [0.4, 0.5) is 22.0 Å². The van der Waals surface area contributed by atoms with E-state index in [1.165, 1.54) is 31.4 Å². The van der Waals surface area contributed by atoms with Crippen LogP contribution >= 0.6 is 0 Å². The standard InChI is InChI=1S/C20H18F5N5O/c1-28-10-16(12-4-7-14(21)15(22)9-12)29-19(31)18(27)30-17(26)8-11-2-5-13(6-3-11)20(23,24)25/h2-7,9-10,28H,8H2,1H3,(H,29,31)(H3,26,27,30)/b16-10+. The van der Waals surface area contributed by atoms with Gasteiger partial charge in [-0.1, -0.05) is 12.1 Å². The topological polar surface area (TPSA) is 103 Å². The fourth-order valence-electron chi connectivity index (χ4n) is 2.44. The second-order valence-corrected chi connectivity index (χ2v) is 6.25. The first-order chi connectivity index (χ1) is 14.5. The molecule has 164 valence electrons. The van der Waals surface area contributed by atoms with Gasteiger partial charge in [-0.3, -0.25) is 10.2 Å². The number of aliphatic imine (C=N–C) groups is 1. The van der Waals surface area contributed by atoms with Gasteiger partial charge in [0.15, 0.2) is 11.6 Å². The van der Waals surface area contributed by atoms with E-state index in [9.17, 15) is 26.7 Å². The molecule has 11 heteroatoms. The minimum absolute atomic E-state index is 0.0488. The molecule has 0 atom stereocenters. The number of hydrogen-bond acceptors (Lipinski definition) is 3. The number of nitrogens with two attached hydrogens (primary N) is 1. The quantitative estimate of drug-likeness (QED) is 0.327. The molecule has 0 bridgehead atoms.